The first-order chi connectivity index (χ1) is 14.7. The number of methoxy groups -OCH3 is 1. The van der Waals surface area contributed by atoms with E-state index in [0.29, 0.717) is 12.6 Å². The predicted octanol–water partition coefficient (Wildman–Crippen LogP) is 3.52. The summed E-state index contributed by atoms with van der Waals surface area (Å²) in [4.78, 5) is 16.8. The van der Waals surface area contributed by atoms with Gasteiger partial charge in [-0.25, -0.2) is 0 Å². The Morgan fingerprint density at radius 1 is 1.27 bits per heavy atom. The van der Waals surface area contributed by atoms with E-state index in [-0.39, 0.29) is 11.2 Å². The van der Waals surface area contributed by atoms with E-state index in [1.807, 2.05) is 43.3 Å². The Balaban J connectivity index is 1.35. The van der Waals surface area contributed by atoms with E-state index >= 15 is 0 Å². The van der Waals surface area contributed by atoms with Crippen LogP contribution in [-0.4, -0.2) is 44.6 Å². The Kier molecular flexibility index (Phi) is 6.32. The minimum absolute atomic E-state index is 0.00165. The molecular formula is C22H25N5O2S. The Labute approximate surface area is 180 Å². The van der Waals surface area contributed by atoms with Crippen molar-refractivity contribution in [3.8, 4) is 17.1 Å². The van der Waals surface area contributed by atoms with Crippen molar-refractivity contribution in [3.05, 3.63) is 54.4 Å². The van der Waals surface area contributed by atoms with Crippen molar-refractivity contribution in [2.75, 3.05) is 13.7 Å². The molecular weight excluding hydrogens is 398 g/mol. The van der Waals surface area contributed by atoms with Crippen LogP contribution in [0.3, 0.4) is 0 Å². The Morgan fingerprint density at radius 2 is 2.07 bits per heavy atom. The van der Waals surface area contributed by atoms with Crippen molar-refractivity contribution in [2.45, 2.75) is 42.6 Å². The molecule has 1 aliphatic rings. The smallest absolute Gasteiger partial charge is 0.233 e. The zero-order valence-electron chi connectivity index (χ0n) is 17.1. The summed E-state index contributed by atoms with van der Waals surface area (Å²) < 4.78 is 7.33. The van der Waals surface area contributed by atoms with E-state index in [4.69, 9.17) is 4.74 Å². The van der Waals surface area contributed by atoms with Crippen molar-refractivity contribution in [1.29, 1.82) is 0 Å². The highest BCUT2D eigenvalue weighted by molar-refractivity contribution is 8.00. The quantitative estimate of drug-likeness (QED) is 0.530. The van der Waals surface area contributed by atoms with Crippen molar-refractivity contribution in [1.82, 2.24) is 25.1 Å². The van der Waals surface area contributed by atoms with Crippen LogP contribution in [0.1, 0.15) is 31.4 Å². The third-order valence-electron chi connectivity index (χ3n) is 5.02. The van der Waals surface area contributed by atoms with Crippen LogP contribution in [0.15, 0.2) is 53.9 Å². The lowest BCUT2D eigenvalue weighted by Gasteiger charge is -2.13. The lowest BCUT2D eigenvalue weighted by atomic mass is 10.1. The van der Waals surface area contributed by atoms with Crippen LogP contribution in [0.4, 0.5) is 0 Å². The van der Waals surface area contributed by atoms with E-state index in [9.17, 15) is 4.79 Å². The van der Waals surface area contributed by atoms with Crippen LogP contribution in [-0.2, 0) is 11.2 Å². The van der Waals surface area contributed by atoms with E-state index in [2.05, 4.69) is 25.1 Å². The van der Waals surface area contributed by atoms with Gasteiger partial charge in [-0.15, -0.1) is 10.2 Å². The average molecular weight is 424 g/mol. The molecule has 0 bridgehead atoms. The van der Waals surface area contributed by atoms with Crippen LogP contribution in [0.25, 0.3) is 11.4 Å². The van der Waals surface area contributed by atoms with Crippen molar-refractivity contribution < 1.29 is 9.53 Å². The summed E-state index contributed by atoms with van der Waals surface area (Å²) >= 11 is 1.45. The van der Waals surface area contributed by atoms with Crippen LogP contribution >= 0.6 is 11.8 Å². The molecule has 1 fully saturated rings. The highest BCUT2D eigenvalue weighted by Gasteiger charge is 2.31. The van der Waals surface area contributed by atoms with Gasteiger partial charge in [0.05, 0.1) is 12.4 Å². The fourth-order valence-electron chi connectivity index (χ4n) is 3.19. The minimum Gasteiger partial charge on any atom is -0.497 e. The second-order valence-electron chi connectivity index (χ2n) is 7.30. The van der Waals surface area contributed by atoms with Gasteiger partial charge in [0.1, 0.15) is 5.75 Å². The maximum Gasteiger partial charge on any atom is 0.233 e. The van der Waals surface area contributed by atoms with Gasteiger partial charge in [0.15, 0.2) is 11.0 Å². The molecule has 0 spiro atoms. The zero-order valence-corrected chi connectivity index (χ0v) is 17.9. The average Bonchev–Trinajstić information content (AvgIpc) is 3.54. The van der Waals surface area contributed by atoms with Crippen molar-refractivity contribution in [3.63, 3.8) is 0 Å². The fraction of sp³-hybridized carbons (Fsp3) is 0.364. The number of nitrogens with one attached hydrogen (secondary N) is 1. The van der Waals surface area contributed by atoms with Crippen LogP contribution in [0, 0.1) is 0 Å². The zero-order chi connectivity index (χ0) is 20.9. The number of thioether (sulfide) groups is 1. The molecule has 8 heteroatoms. The summed E-state index contributed by atoms with van der Waals surface area (Å²) in [7, 11) is 1.65. The predicted molar refractivity (Wildman–Crippen MR) is 117 cm³/mol. The van der Waals surface area contributed by atoms with Gasteiger partial charge >= 0.3 is 0 Å². The summed E-state index contributed by atoms with van der Waals surface area (Å²) in [6, 6.07) is 12.2. The number of hydrogen-bond donors (Lipinski definition) is 1. The van der Waals surface area contributed by atoms with Gasteiger partial charge in [-0.3, -0.25) is 14.3 Å². The maximum absolute atomic E-state index is 12.6. The highest BCUT2D eigenvalue weighted by Crippen LogP contribution is 2.41. The minimum atomic E-state index is -0.260. The summed E-state index contributed by atoms with van der Waals surface area (Å²) in [5, 5.41) is 12.3. The third kappa shape index (κ3) is 4.81. The summed E-state index contributed by atoms with van der Waals surface area (Å²) in [6.07, 6.45) is 6.54. The number of aromatic nitrogens is 4. The Bertz CT molecular complexity index is 987. The van der Waals surface area contributed by atoms with E-state index in [1.54, 1.807) is 19.5 Å². The summed E-state index contributed by atoms with van der Waals surface area (Å²) in [6.45, 7) is 2.50. The van der Waals surface area contributed by atoms with Gasteiger partial charge < -0.3 is 10.1 Å². The Morgan fingerprint density at radius 3 is 2.73 bits per heavy atom. The number of ether oxygens (including phenoxy) is 1. The first-order valence-electron chi connectivity index (χ1n) is 10.1. The second-order valence-corrected chi connectivity index (χ2v) is 8.61. The van der Waals surface area contributed by atoms with Gasteiger partial charge in [0, 0.05) is 30.5 Å². The maximum atomic E-state index is 12.6. The van der Waals surface area contributed by atoms with Gasteiger partial charge in [0.2, 0.25) is 5.91 Å². The summed E-state index contributed by atoms with van der Waals surface area (Å²) in [5.74, 6) is 1.65. The standard InChI is InChI=1S/C22H25N5O2S/c1-15(21(28)24-13-11-16-5-9-19(29-2)10-6-16)30-22-26-25-20(27(22)18-7-8-18)17-4-3-12-23-14-17/h3-6,9-10,12,14-15,18H,7-8,11,13H2,1-2H3,(H,24,28)/t15-/m1/s1. The van der Waals surface area contributed by atoms with Gasteiger partial charge in [0.25, 0.3) is 0 Å². The SMILES string of the molecule is COc1ccc(CCNC(=O)[C@@H](C)Sc2nnc(-c3cccnc3)n2C2CC2)cc1. The lowest BCUT2D eigenvalue weighted by Crippen LogP contribution is -2.32. The molecule has 0 unspecified atom stereocenters. The second kappa shape index (κ2) is 9.30. The number of benzene rings is 1. The number of carbonyl (C=O) groups is 1. The molecule has 1 aromatic carbocycles. The molecule has 0 radical (unpaired) electrons. The molecule has 0 saturated heterocycles. The highest BCUT2D eigenvalue weighted by atomic mass is 32.2. The van der Waals surface area contributed by atoms with Crippen LogP contribution < -0.4 is 10.1 Å². The first kappa shape index (κ1) is 20.4. The van der Waals surface area contributed by atoms with Crippen molar-refractivity contribution in [2.24, 2.45) is 0 Å². The van der Waals surface area contributed by atoms with E-state index in [0.717, 1.165) is 47.1 Å². The van der Waals surface area contributed by atoms with Crippen LogP contribution in [0.2, 0.25) is 0 Å². The monoisotopic (exact) mass is 423 g/mol. The molecule has 30 heavy (non-hydrogen) atoms. The largest absolute Gasteiger partial charge is 0.497 e. The van der Waals surface area contributed by atoms with Gasteiger partial charge in [-0.2, -0.15) is 0 Å². The molecule has 2 heterocycles. The molecule has 1 N–H and O–H groups in total. The van der Waals surface area contributed by atoms with Crippen LogP contribution in [0.5, 0.6) is 5.75 Å². The molecule has 2 aromatic heterocycles. The molecule has 156 valence electrons. The molecule has 0 aliphatic heterocycles. The number of amides is 1. The first-order valence-corrected chi connectivity index (χ1v) is 11.0. The van der Waals surface area contributed by atoms with E-state index in [1.165, 1.54) is 11.8 Å². The number of rotatable bonds is 9. The molecule has 1 aliphatic carbocycles. The van der Waals surface area contributed by atoms with Gasteiger partial charge in [-0.05, 0) is 56.0 Å². The molecule has 4 rings (SSSR count). The number of hydrogen-bond acceptors (Lipinski definition) is 6. The normalized spacial score (nSPS) is 14.3. The van der Waals surface area contributed by atoms with Gasteiger partial charge in [-0.1, -0.05) is 23.9 Å². The third-order valence-corrected chi connectivity index (χ3v) is 6.08. The summed E-state index contributed by atoms with van der Waals surface area (Å²) in [5.41, 5.74) is 2.10. The molecule has 7 nitrogen and oxygen atoms in total. The molecule has 1 saturated carbocycles. The molecule has 1 atom stereocenters. The number of nitrogens with zero attached hydrogens (tertiary/aromatic N) is 4. The topological polar surface area (TPSA) is 81.9 Å². The van der Waals surface area contributed by atoms with E-state index < -0.39 is 0 Å². The molecule has 3 aromatic rings. The molecule has 1 amide bonds. The lowest BCUT2D eigenvalue weighted by molar-refractivity contribution is -0.120. The van der Waals surface area contributed by atoms with Crippen molar-refractivity contribution >= 4 is 17.7 Å². The fourth-order valence-corrected chi connectivity index (χ4v) is 4.13. The number of carbonyl (C=O) groups excluding carboxylic acids is 1. The number of pyridine rings is 1. The Hall–Kier alpha value is -2.87.